The number of fused-ring (bicyclic) bond motifs is 1. The molecule has 1 amide bonds. The summed E-state index contributed by atoms with van der Waals surface area (Å²) < 4.78 is 40.9. The summed E-state index contributed by atoms with van der Waals surface area (Å²) in [5, 5.41) is 20.9. The largest absolute Gasteiger partial charge is 0.417 e. The summed E-state index contributed by atoms with van der Waals surface area (Å²) in [7, 11) is 0. The number of hydrogen-bond acceptors (Lipinski definition) is 5. The first kappa shape index (κ1) is 19.5. The van der Waals surface area contributed by atoms with Crippen LogP contribution in [0.5, 0.6) is 0 Å². The minimum atomic E-state index is -4.66. The first-order valence-corrected chi connectivity index (χ1v) is 9.00. The fourth-order valence-electron chi connectivity index (χ4n) is 3.31. The van der Waals surface area contributed by atoms with Crippen molar-refractivity contribution < 1.29 is 23.1 Å². The smallest absolute Gasteiger partial charge is 0.361 e. The van der Waals surface area contributed by atoms with Crippen molar-refractivity contribution in [2.45, 2.75) is 25.0 Å². The van der Waals surface area contributed by atoms with Crippen LogP contribution in [0.1, 0.15) is 27.6 Å². The lowest BCUT2D eigenvalue weighted by atomic mass is 10.1. The normalized spacial score (nSPS) is 21.1. The topological polar surface area (TPSA) is 83.3 Å². The third kappa shape index (κ3) is 3.38. The van der Waals surface area contributed by atoms with E-state index < -0.39 is 28.4 Å². The summed E-state index contributed by atoms with van der Waals surface area (Å²) in [5.41, 5.74) is -2.82. The van der Waals surface area contributed by atoms with Crippen molar-refractivity contribution >= 4 is 17.5 Å². The van der Waals surface area contributed by atoms with Crippen LogP contribution >= 0.6 is 11.6 Å². The summed E-state index contributed by atoms with van der Waals surface area (Å²) in [5.74, 6) is 0.0346. The van der Waals surface area contributed by atoms with Crippen LogP contribution in [0.25, 0.3) is 0 Å². The minimum Gasteiger partial charge on any atom is -0.361 e. The lowest BCUT2D eigenvalue weighted by molar-refractivity contribution is -0.137. The molecule has 11 heteroatoms. The molecule has 2 aliphatic heterocycles. The number of carbonyl (C=O) groups excluding carboxylic acids is 1. The summed E-state index contributed by atoms with van der Waals surface area (Å²) in [6.07, 6.45) is 1.79. The molecule has 7 nitrogen and oxygen atoms in total. The average molecular weight is 426 g/mol. The van der Waals surface area contributed by atoms with Crippen LogP contribution < -0.4 is 5.32 Å². The predicted octanol–water partition coefficient (Wildman–Crippen LogP) is 2.42. The Morgan fingerprint density at radius 2 is 2.03 bits per heavy atom. The number of aromatic nitrogens is 3. The summed E-state index contributed by atoms with van der Waals surface area (Å²) in [4.78, 5) is 14.2. The number of dihydropyridines is 1. The van der Waals surface area contributed by atoms with E-state index in [-0.39, 0.29) is 31.0 Å². The van der Waals surface area contributed by atoms with Gasteiger partial charge in [0.05, 0.1) is 22.7 Å². The Morgan fingerprint density at radius 3 is 2.72 bits per heavy atom. The highest BCUT2D eigenvalue weighted by Gasteiger charge is 2.37. The zero-order valence-electron chi connectivity index (χ0n) is 14.8. The number of halogens is 4. The van der Waals surface area contributed by atoms with E-state index in [0.29, 0.717) is 5.82 Å². The Labute approximate surface area is 168 Å². The number of nitrogens with zero attached hydrogens (tertiary/aromatic N) is 4. The van der Waals surface area contributed by atoms with Gasteiger partial charge in [0.1, 0.15) is 0 Å². The van der Waals surface area contributed by atoms with E-state index in [1.54, 1.807) is 22.9 Å². The lowest BCUT2D eigenvalue weighted by Gasteiger charge is -2.31. The van der Waals surface area contributed by atoms with Crippen molar-refractivity contribution in [1.29, 1.82) is 0 Å². The molecule has 3 heterocycles. The van der Waals surface area contributed by atoms with Crippen molar-refractivity contribution in [3.8, 4) is 0 Å². The summed E-state index contributed by atoms with van der Waals surface area (Å²) in [6.45, 7) is 0.481. The van der Waals surface area contributed by atoms with Gasteiger partial charge in [-0.3, -0.25) is 4.79 Å². The van der Waals surface area contributed by atoms with Crippen LogP contribution in [0.4, 0.5) is 13.2 Å². The second-order valence-electron chi connectivity index (χ2n) is 6.61. The molecule has 0 saturated heterocycles. The monoisotopic (exact) mass is 425 g/mol. The SMILES string of the molecule is O=C(c1cccc(C(F)(F)F)c1Cl)N1CCn2c(nnc2C2(O)C=CC=CN2)C1. The van der Waals surface area contributed by atoms with Gasteiger partial charge in [-0.2, -0.15) is 13.2 Å². The number of amides is 1. The molecule has 0 bridgehead atoms. The van der Waals surface area contributed by atoms with E-state index in [1.807, 2.05) is 0 Å². The molecule has 2 aromatic rings. The van der Waals surface area contributed by atoms with Gasteiger partial charge in [-0.15, -0.1) is 10.2 Å². The maximum Gasteiger partial charge on any atom is 0.417 e. The van der Waals surface area contributed by atoms with Crippen molar-refractivity contribution in [1.82, 2.24) is 25.0 Å². The molecule has 1 aromatic heterocycles. The third-order valence-electron chi connectivity index (χ3n) is 4.76. The van der Waals surface area contributed by atoms with Crippen molar-refractivity contribution in [3.05, 3.63) is 70.4 Å². The number of carbonyl (C=O) groups is 1. The molecule has 4 rings (SSSR count). The molecule has 1 unspecified atom stereocenters. The van der Waals surface area contributed by atoms with Gasteiger partial charge in [0.15, 0.2) is 11.6 Å². The molecule has 2 N–H and O–H groups in total. The van der Waals surface area contributed by atoms with Gasteiger partial charge in [0, 0.05) is 13.1 Å². The first-order valence-electron chi connectivity index (χ1n) is 8.63. The molecule has 152 valence electrons. The maximum atomic E-state index is 13.1. The van der Waals surface area contributed by atoms with Crippen molar-refractivity contribution in [2.75, 3.05) is 6.54 Å². The van der Waals surface area contributed by atoms with E-state index in [4.69, 9.17) is 11.6 Å². The molecular formula is C18H15ClF3N5O2. The van der Waals surface area contributed by atoms with Gasteiger partial charge in [-0.25, -0.2) is 0 Å². The maximum absolute atomic E-state index is 13.1. The van der Waals surface area contributed by atoms with Gasteiger partial charge in [0.25, 0.3) is 5.91 Å². The van der Waals surface area contributed by atoms with E-state index in [2.05, 4.69) is 15.5 Å². The molecule has 0 fully saturated rings. The van der Waals surface area contributed by atoms with Gasteiger partial charge in [-0.05, 0) is 30.5 Å². The lowest BCUT2D eigenvalue weighted by Crippen LogP contribution is -2.44. The Bertz CT molecular complexity index is 1030. The van der Waals surface area contributed by atoms with E-state index >= 15 is 0 Å². The third-order valence-corrected chi connectivity index (χ3v) is 5.17. The van der Waals surface area contributed by atoms with Crippen LogP contribution in [-0.2, 0) is 25.0 Å². The highest BCUT2D eigenvalue weighted by molar-refractivity contribution is 6.34. The molecular weight excluding hydrogens is 411 g/mol. The average Bonchev–Trinajstić information content (AvgIpc) is 3.11. The van der Waals surface area contributed by atoms with Gasteiger partial charge in [0.2, 0.25) is 5.72 Å². The van der Waals surface area contributed by atoms with Crippen LogP contribution in [-0.4, -0.2) is 37.2 Å². The molecule has 2 aliphatic rings. The number of aliphatic hydroxyl groups is 1. The molecule has 29 heavy (non-hydrogen) atoms. The Kier molecular flexibility index (Phi) is 4.62. The van der Waals surface area contributed by atoms with E-state index in [1.165, 1.54) is 17.0 Å². The molecule has 0 radical (unpaired) electrons. The van der Waals surface area contributed by atoms with Crippen LogP contribution in [0.2, 0.25) is 5.02 Å². The quantitative estimate of drug-likeness (QED) is 0.772. The second kappa shape index (κ2) is 6.89. The van der Waals surface area contributed by atoms with Gasteiger partial charge >= 0.3 is 6.18 Å². The highest BCUT2D eigenvalue weighted by Crippen LogP contribution is 2.36. The first-order chi connectivity index (χ1) is 13.7. The number of hydrogen-bond donors (Lipinski definition) is 2. The Morgan fingerprint density at radius 1 is 1.24 bits per heavy atom. The number of nitrogens with one attached hydrogen (secondary N) is 1. The van der Waals surface area contributed by atoms with E-state index in [9.17, 15) is 23.1 Å². The molecule has 1 atom stereocenters. The predicted molar refractivity (Wildman–Crippen MR) is 96.5 cm³/mol. The van der Waals surface area contributed by atoms with Gasteiger partial charge in [-0.1, -0.05) is 23.7 Å². The van der Waals surface area contributed by atoms with Crippen LogP contribution in [0.15, 0.2) is 42.6 Å². The van der Waals surface area contributed by atoms with Crippen molar-refractivity contribution in [3.63, 3.8) is 0 Å². The van der Waals surface area contributed by atoms with E-state index in [0.717, 1.165) is 12.1 Å². The second-order valence-corrected chi connectivity index (χ2v) is 6.99. The Hall–Kier alpha value is -2.85. The minimum absolute atomic E-state index is 0.0219. The molecule has 1 aromatic carbocycles. The number of rotatable bonds is 2. The number of alkyl halides is 3. The highest BCUT2D eigenvalue weighted by atomic mass is 35.5. The zero-order chi connectivity index (χ0) is 20.8. The zero-order valence-corrected chi connectivity index (χ0v) is 15.6. The fourth-order valence-corrected chi connectivity index (χ4v) is 3.63. The molecule has 0 spiro atoms. The molecule has 0 saturated carbocycles. The van der Waals surface area contributed by atoms with Crippen molar-refractivity contribution in [2.24, 2.45) is 0 Å². The fraction of sp³-hybridized carbons (Fsp3) is 0.278. The summed E-state index contributed by atoms with van der Waals surface area (Å²) >= 11 is 5.88. The number of benzene rings is 1. The van der Waals surface area contributed by atoms with Crippen LogP contribution in [0.3, 0.4) is 0 Å². The Balaban J connectivity index is 1.60. The van der Waals surface area contributed by atoms with Crippen LogP contribution in [0, 0.1) is 0 Å². The molecule has 0 aliphatic carbocycles. The number of allylic oxidation sites excluding steroid dienone is 2. The van der Waals surface area contributed by atoms with Gasteiger partial charge < -0.3 is 19.9 Å². The summed E-state index contributed by atoms with van der Waals surface area (Å²) in [6, 6.07) is 3.24. The standard InChI is InChI=1S/C18H15ClF3N5O2/c19-14-11(4-3-5-12(14)18(20,21)22)15(28)26-8-9-27-13(10-26)24-25-16(27)17(29)6-1-2-7-23-17/h1-7,23,29H,8-10H2.